The van der Waals surface area contributed by atoms with Gasteiger partial charge in [-0.2, -0.15) is 0 Å². The normalized spacial score (nSPS) is 10.5. The van der Waals surface area contributed by atoms with Crippen LogP contribution in [0.15, 0.2) is 12.3 Å². The van der Waals surface area contributed by atoms with E-state index in [1.807, 2.05) is 0 Å². The van der Waals surface area contributed by atoms with E-state index < -0.39 is 0 Å². The van der Waals surface area contributed by atoms with Gasteiger partial charge in [-0.25, -0.2) is 0 Å². The first-order chi connectivity index (χ1) is 5.24. The minimum absolute atomic E-state index is 0.274. The molecular weight excluding hydrogens is 138 g/mol. The van der Waals surface area contributed by atoms with Crippen molar-refractivity contribution in [2.24, 2.45) is 0 Å². The Morgan fingerprint density at radius 1 is 1.45 bits per heavy atom. The molecule has 62 valence electrons. The number of rotatable bonds is 3. The zero-order valence-electron chi connectivity index (χ0n) is 7.17. The number of hydrogen-bond acceptors (Lipinski definition) is 1. The molecule has 1 aromatic rings. The third-order valence-corrected chi connectivity index (χ3v) is 1.81. The number of aliphatic hydroxyl groups is 1. The van der Waals surface area contributed by atoms with E-state index in [0.29, 0.717) is 0 Å². The fourth-order valence-corrected chi connectivity index (χ4v) is 1.28. The van der Waals surface area contributed by atoms with E-state index in [0.717, 1.165) is 13.0 Å². The second kappa shape index (κ2) is 3.58. The van der Waals surface area contributed by atoms with Crippen LogP contribution in [0.2, 0.25) is 0 Å². The predicted octanol–water partition coefficient (Wildman–Crippen LogP) is 1.49. The number of aliphatic hydroxyl groups excluding tert-OH is 1. The first-order valence-corrected chi connectivity index (χ1v) is 3.98. The topological polar surface area (TPSA) is 25.2 Å². The summed E-state index contributed by atoms with van der Waals surface area (Å²) in [5, 5.41) is 8.61. The molecule has 0 saturated heterocycles. The second-order valence-electron chi connectivity index (χ2n) is 2.93. The largest absolute Gasteiger partial charge is 0.396 e. The smallest absolute Gasteiger partial charge is 0.0448 e. The molecule has 0 spiro atoms. The Morgan fingerprint density at radius 2 is 2.18 bits per heavy atom. The quantitative estimate of drug-likeness (QED) is 0.699. The summed E-state index contributed by atoms with van der Waals surface area (Å²) in [6.45, 7) is 5.37. The van der Waals surface area contributed by atoms with Crippen LogP contribution in [0.3, 0.4) is 0 Å². The van der Waals surface area contributed by atoms with Crippen molar-refractivity contribution >= 4 is 0 Å². The van der Waals surface area contributed by atoms with Gasteiger partial charge in [0.15, 0.2) is 0 Å². The van der Waals surface area contributed by atoms with Crippen LogP contribution in [0.25, 0.3) is 0 Å². The third kappa shape index (κ3) is 2.09. The molecule has 0 saturated carbocycles. The van der Waals surface area contributed by atoms with Crippen LogP contribution in [0.1, 0.15) is 17.7 Å². The van der Waals surface area contributed by atoms with Gasteiger partial charge in [-0.1, -0.05) is 0 Å². The fourth-order valence-electron chi connectivity index (χ4n) is 1.28. The Bertz CT molecular complexity index is 227. The van der Waals surface area contributed by atoms with Crippen LogP contribution in [-0.4, -0.2) is 16.3 Å². The standard InChI is InChI=1S/C9H15NO/c1-8-6-9(2)10(7-8)4-3-5-11/h6-7,11H,3-5H2,1-2H3. The molecule has 1 aromatic heterocycles. The first kappa shape index (κ1) is 8.34. The number of aryl methyl sites for hydroxylation is 3. The highest BCUT2D eigenvalue weighted by molar-refractivity contribution is 5.15. The summed E-state index contributed by atoms with van der Waals surface area (Å²) in [6, 6.07) is 2.15. The molecule has 11 heavy (non-hydrogen) atoms. The Kier molecular flexibility index (Phi) is 2.71. The van der Waals surface area contributed by atoms with Crippen molar-refractivity contribution in [1.29, 1.82) is 0 Å². The van der Waals surface area contributed by atoms with Crippen molar-refractivity contribution in [2.45, 2.75) is 26.8 Å². The lowest BCUT2D eigenvalue weighted by atomic mass is 10.4. The number of nitrogens with zero attached hydrogens (tertiary/aromatic N) is 1. The van der Waals surface area contributed by atoms with Gasteiger partial charge in [-0.3, -0.25) is 0 Å². The zero-order chi connectivity index (χ0) is 8.27. The molecule has 0 fully saturated rings. The van der Waals surface area contributed by atoms with E-state index in [2.05, 4.69) is 30.7 Å². The van der Waals surface area contributed by atoms with Crippen molar-refractivity contribution in [2.75, 3.05) is 6.61 Å². The molecule has 2 heteroatoms. The maximum Gasteiger partial charge on any atom is 0.0448 e. The van der Waals surface area contributed by atoms with Crippen molar-refractivity contribution < 1.29 is 5.11 Å². The average Bonchev–Trinajstić information content (AvgIpc) is 2.26. The summed E-state index contributed by atoms with van der Waals surface area (Å²) in [4.78, 5) is 0. The summed E-state index contributed by atoms with van der Waals surface area (Å²) in [6.07, 6.45) is 2.96. The molecule has 0 radical (unpaired) electrons. The van der Waals surface area contributed by atoms with Crippen molar-refractivity contribution in [3.05, 3.63) is 23.5 Å². The van der Waals surface area contributed by atoms with Crippen LogP contribution in [-0.2, 0) is 6.54 Å². The minimum atomic E-state index is 0.274. The Hall–Kier alpha value is -0.760. The summed E-state index contributed by atoms with van der Waals surface area (Å²) in [5.41, 5.74) is 2.57. The first-order valence-electron chi connectivity index (χ1n) is 3.98. The summed E-state index contributed by atoms with van der Waals surface area (Å²) in [5.74, 6) is 0. The maximum atomic E-state index is 8.61. The van der Waals surface area contributed by atoms with Gasteiger partial charge in [0.25, 0.3) is 0 Å². The minimum Gasteiger partial charge on any atom is -0.396 e. The Balaban J connectivity index is 2.62. The second-order valence-corrected chi connectivity index (χ2v) is 2.93. The van der Waals surface area contributed by atoms with Crippen molar-refractivity contribution in [3.8, 4) is 0 Å². The average molecular weight is 153 g/mol. The van der Waals surface area contributed by atoms with Crippen LogP contribution < -0.4 is 0 Å². The third-order valence-electron chi connectivity index (χ3n) is 1.81. The number of aromatic nitrogens is 1. The predicted molar refractivity (Wildman–Crippen MR) is 45.6 cm³/mol. The van der Waals surface area contributed by atoms with Crippen LogP contribution >= 0.6 is 0 Å². The lowest BCUT2D eigenvalue weighted by Gasteiger charge is -2.02. The summed E-state index contributed by atoms with van der Waals surface area (Å²) >= 11 is 0. The van der Waals surface area contributed by atoms with Crippen LogP contribution in [0.5, 0.6) is 0 Å². The van der Waals surface area contributed by atoms with E-state index >= 15 is 0 Å². The molecule has 1 N–H and O–H groups in total. The molecule has 0 amide bonds. The molecule has 0 aliphatic heterocycles. The molecule has 0 atom stereocenters. The SMILES string of the molecule is Cc1cc(C)n(CCCO)c1. The van der Waals surface area contributed by atoms with E-state index in [4.69, 9.17) is 5.11 Å². The Morgan fingerprint density at radius 3 is 2.64 bits per heavy atom. The molecule has 0 aliphatic rings. The molecule has 0 aromatic carbocycles. The fraction of sp³-hybridized carbons (Fsp3) is 0.556. The van der Waals surface area contributed by atoms with Gasteiger partial charge >= 0.3 is 0 Å². The van der Waals surface area contributed by atoms with Gasteiger partial charge in [0.1, 0.15) is 0 Å². The molecule has 0 aliphatic carbocycles. The zero-order valence-corrected chi connectivity index (χ0v) is 7.17. The molecule has 0 bridgehead atoms. The van der Waals surface area contributed by atoms with E-state index in [1.54, 1.807) is 0 Å². The summed E-state index contributed by atoms with van der Waals surface area (Å²) < 4.78 is 2.17. The Labute approximate surface area is 67.5 Å². The van der Waals surface area contributed by atoms with Gasteiger partial charge in [-0.05, 0) is 31.9 Å². The van der Waals surface area contributed by atoms with E-state index in [1.165, 1.54) is 11.3 Å². The molecule has 2 nitrogen and oxygen atoms in total. The van der Waals surface area contributed by atoms with Crippen molar-refractivity contribution in [1.82, 2.24) is 4.57 Å². The van der Waals surface area contributed by atoms with Crippen molar-refractivity contribution in [3.63, 3.8) is 0 Å². The maximum absolute atomic E-state index is 8.61. The van der Waals surface area contributed by atoms with Gasteiger partial charge in [0.05, 0.1) is 0 Å². The van der Waals surface area contributed by atoms with Gasteiger partial charge in [-0.15, -0.1) is 0 Å². The molecular formula is C9H15NO. The monoisotopic (exact) mass is 153 g/mol. The highest BCUT2D eigenvalue weighted by Crippen LogP contribution is 2.06. The molecule has 1 rings (SSSR count). The number of hydrogen-bond donors (Lipinski definition) is 1. The van der Waals surface area contributed by atoms with E-state index in [9.17, 15) is 0 Å². The van der Waals surface area contributed by atoms with Gasteiger partial charge in [0.2, 0.25) is 0 Å². The molecule has 1 heterocycles. The van der Waals surface area contributed by atoms with Gasteiger partial charge in [0, 0.05) is 25.0 Å². The lowest BCUT2D eigenvalue weighted by molar-refractivity contribution is 0.279. The molecule has 0 unspecified atom stereocenters. The van der Waals surface area contributed by atoms with Gasteiger partial charge < -0.3 is 9.67 Å². The summed E-state index contributed by atoms with van der Waals surface area (Å²) in [7, 11) is 0. The highest BCUT2D eigenvalue weighted by atomic mass is 16.3. The van der Waals surface area contributed by atoms with E-state index in [-0.39, 0.29) is 6.61 Å². The lowest BCUT2D eigenvalue weighted by Crippen LogP contribution is -1.99. The highest BCUT2D eigenvalue weighted by Gasteiger charge is 1.96. The van der Waals surface area contributed by atoms with Crippen LogP contribution in [0.4, 0.5) is 0 Å². The van der Waals surface area contributed by atoms with Crippen LogP contribution in [0, 0.1) is 13.8 Å².